The van der Waals surface area contributed by atoms with Crippen LogP contribution in [0.4, 0.5) is 0 Å². The second-order valence-electron chi connectivity index (χ2n) is 5.56. The van der Waals surface area contributed by atoms with E-state index in [1.807, 2.05) is 0 Å². The summed E-state index contributed by atoms with van der Waals surface area (Å²) in [5.74, 6) is 0.0619. The maximum Gasteiger partial charge on any atom is 0.306 e. The minimum atomic E-state index is -0.242. The molecule has 1 aliphatic carbocycles. The lowest BCUT2D eigenvalue weighted by atomic mass is 9.91. The fraction of sp³-hybridized carbons (Fsp3) is 0.765. The highest BCUT2D eigenvalue weighted by Crippen LogP contribution is 2.32. The zero-order valence-corrected chi connectivity index (χ0v) is 12.9. The van der Waals surface area contributed by atoms with Gasteiger partial charge in [0.1, 0.15) is 5.78 Å². The number of hydrogen-bond acceptors (Lipinski definition) is 3. The Bertz CT molecular complexity index is 333. The van der Waals surface area contributed by atoms with Crippen molar-refractivity contribution in [3.63, 3.8) is 0 Å². The predicted octanol–water partition coefficient (Wildman–Crippen LogP) is 4.06. The Morgan fingerprint density at radius 2 is 2.10 bits per heavy atom. The van der Waals surface area contributed by atoms with Crippen molar-refractivity contribution in [2.75, 3.05) is 6.61 Å². The van der Waals surface area contributed by atoms with Crippen molar-refractivity contribution in [3.8, 4) is 0 Å². The fourth-order valence-corrected chi connectivity index (χ4v) is 2.79. The molecule has 1 saturated carbocycles. The Morgan fingerprint density at radius 1 is 1.30 bits per heavy atom. The molecule has 20 heavy (non-hydrogen) atoms. The first-order chi connectivity index (χ1) is 9.69. The number of rotatable bonds is 9. The lowest BCUT2D eigenvalue weighted by Crippen LogP contribution is -2.19. The molecule has 2 unspecified atom stereocenters. The van der Waals surface area contributed by atoms with Crippen molar-refractivity contribution in [2.24, 2.45) is 11.8 Å². The molecule has 0 radical (unpaired) electrons. The number of unbranched alkanes of at least 4 members (excludes halogenated alkanes) is 4. The van der Waals surface area contributed by atoms with Crippen molar-refractivity contribution < 1.29 is 14.3 Å². The van der Waals surface area contributed by atoms with Crippen molar-refractivity contribution >= 4 is 11.8 Å². The van der Waals surface area contributed by atoms with Crippen molar-refractivity contribution in [1.29, 1.82) is 0 Å². The normalized spacial score (nSPS) is 22.6. The molecule has 3 nitrogen and oxygen atoms in total. The summed E-state index contributed by atoms with van der Waals surface area (Å²) in [5.41, 5.74) is 0. The van der Waals surface area contributed by atoms with Crippen LogP contribution in [-0.4, -0.2) is 18.4 Å². The fourth-order valence-electron chi connectivity index (χ4n) is 2.79. The third-order valence-electron chi connectivity index (χ3n) is 3.95. The molecule has 1 rings (SSSR count). The average molecular weight is 280 g/mol. The number of hydrogen-bond donors (Lipinski definition) is 0. The molecule has 0 spiro atoms. The van der Waals surface area contributed by atoms with E-state index in [-0.39, 0.29) is 30.0 Å². The van der Waals surface area contributed by atoms with Crippen LogP contribution in [0, 0.1) is 11.8 Å². The van der Waals surface area contributed by atoms with Crippen LogP contribution < -0.4 is 0 Å². The minimum Gasteiger partial charge on any atom is -0.466 e. The lowest BCUT2D eigenvalue weighted by molar-refractivity contribution is -0.146. The summed E-state index contributed by atoms with van der Waals surface area (Å²) < 4.78 is 4.96. The first-order valence-corrected chi connectivity index (χ1v) is 8.04. The van der Waals surface area contributed by atoms with E-state index in [0.717, 1.165) is 12.8 Å². The molecule has 3 heteroatoms. The number of ketones is 1. The molecule has 0 amide bonds. The Labute approximate surface area is 122 Å². The van der Waals surface area contributed by atoms with Gasteiger partial charge in [-0.25, -0.2) is 0 Å². The summed E-state index contributed by atoms with van der Waals surface area (Å²) in [4.78, 5) is 23.4. The van der Waals surface area contributed by atoms with E-state index in [4.69, 9.17) is 4.74 Å². The van der Waals surface area contributed by atoms with Gasteiger partial charge in [-0.05, 0) is 32.1 Å². The van der Waals surface area contributed by atoms with Crippen LogP contribution in [-0.2, 0) is 14.3 Å². The topological polar surface area (TPSA) is 43.4 Å². The Hall–Kier alpha value is -1.12. The minimum absolute atomic E-state index is 0.152. The number of allylic oxidation sites excluding steroid dienone is 2. The van der Waals surface area contributed by atoms with Crippen LogP contribution in [0.5, 0.6) is 0 Å². The second-order valence-corrected chi connectivity index (χ2v) is 5.56. The molecule has 0 aromatic carbocycles. The molecule has 0 aromatic rings. The number of ether oxygens (including phenoxy) is 1. The van der Waals surface area contributed by atoms with E-state index in [1.54, 1.807) is 6.92 Å². The SMILES string of the molecule is CCCCCC/C=C/C1CCC(=O)C1CC(=O)OCC. The molecular weight excluding hydrogens is 252 g/mol. The van der Waals surface area contributed by atoms with Crippen molar-refractivity contribution in [3.05, 3.63) is 12.2 Å². The highest BCUT2D eigenvalue weighted by atomic mass is 16.5. The van der Waals surface area contributed by atoms with Crippen LogP contribution in [0.2, 0.25) is 0 Å². The van der Waals surface area contributed by atoms with Gasteiger partial charge in [0.2, 0.25) is 0 Å². The number of Topliss-reactive ketones (excluding diaryl/α,β-unsaturated/α-hetero) is 1. The molecule has 2 atom stereocenters. The van der Waals surface area contributed by atoms with Gasteiger partial charge in [-0.1, -0.05) is 38.3 Å². The lowest BCUT2D eigenvalue weighted by Gasteiger charge is -2.13. The predicted molar refractivity (Wildman–Crippen MR) is 80.4 cm³/mol. The molecule has 1 fully saturated rings. The summed E-state index contributed by atoms with van der Waals surface area (Å²) >= 11 is 0. The zero-order chi connectivity index (χ0) is 14.8. The summed E-state index contributed by atoms with van der Waals surface area (Å²) in [6, 6.07) is 0. The van der Waals surface area contributed by atoms with E-state index in [0.29, 0.717) is 13.0 Å². The average Bonchev–Trinajstić information content (AvgIpc) is 2.76. The second kappa shape index (κ2) is 9.73. The monoisotopic (exact) mass is 280 g/mol. The Balaban J connectivity index is 2.37. The van der Waals surface area contributed by atoms with Gasteiger partial charge in [-0.15, -0.1) is 0 Å². The summed E-state index contributed by atoms with van der Waals surface area (Å²) in [6.07, 6.45) is 12.2. The molecule has 0 N–H and O–H groups in total. The highest BCUT2D eigenvalue weighted by molar-refractivity contribution is 5.87. The number of carbonyl (C=O) groups excluding carboxylic acids is 2. The quantitative estimate of drug-likeness (QED) is 0.363. The van der Waals surface area contributed by atoms with Gasteiger partial charge >= 0.3 is 5.97 Å². The van der Waals surface area contributed by atoms with Gasteiger partial charge in [-0.3, -0.25) is 9.59 Å². The van der Waals surface area contributed by atoms with E-state index in [1.165, 1.54) is 25.7 Å². The maximum atomic E-state index is 11.9. The van der Waals surface area contributed by atoms with E-state index in [9.17, 15) is 9.59 Å². The first kappa shape index (κ1) is 16.9. The molecule has 0 bridgehead atoms. The Kier molecular flexibility index (Phi) is 8.24. The summed E-state index contributed by atoms with van der Waals surface area (Å²) in [5, 5.41) is 0. The highest BCUT2D eigenvalue weighted by Gasteiger charge is 2.34. The van der Waals surface area contributed by atoms with Gasteiger partial charge < -0.3 is 4.74 Å². The number of carbonyl (C=O) groups is 2. The summed E-state index contributed by atoms with van der Waals surface area (Å²) in [6.45, 7) is 4.39. The van der Waals surface area contributed by atoms with Crippen LogP contribution in [0.3, 0.4) is 0 Å². The van der Waals surface area contributed by atoms with Gasteiger partial charge in [0.25, 0.3) is 0 Å². The van der Waals surface area contributed by atoms with Crippen LogP contribution in [0.25, 0.3) is 0 Å². The molecule has 0 saturated heterocycles. The van der Waals surface area contributed by atoms with Gasteiger partial charge in [0.15, 0.2) is 0 Å². The third-order valence-corrected chi connectivity index (χ3v) is 3.95. The molecule has 114 valence electrons. The standard InChI is InChI=1S/C17H28O3/c1-3-5-6-7-8-9-10-14-11-12-16(18)15(14)13-17(19)20-4-2/h9-10,14-15H,3-8,11-13H2,1-2H3/b10-9+. The number of esters is 1. The van der Waals surface area contributed by atoms with Crippen molar-refractivity contribution in [2.45, 2.75) is 65.2 Å². The molecule has 0 heterocycles. The van der Waals surface area contributed by atoms with Crippen LogP contribution in [0.1, 0.15) is 65.2 Å². The maximum absolute atomic E-state index is 11.9. The van der Waals surface area contributed by atoms with E-state index in [2.05, 4.69) is 19.1 Å². The largest absolute Gasteiger partial charge is 0.466 e. The molecular formula is C17H28O3. The molecule has 0 aliphatic heterocycles. The van der Waals surface area contributed by atoms with E-state index >= 15 is 0 Å². The van der Waals surface area contributed by atoms with Gasteiger partial charge in [0.05, 0.1) is 13.0 Å². The summed E-state index contributed by atoms with van der Waals surface area (Å²) in [7, 11) is 0. The molecule has 0 aromatic heterocycles. The smallest absolute Gasteiger partial charge is 0.306 e. The third kappa shape index (κ3) is 5.89. The zero-order valence-electron chi connectivity index (χ0n) is 12.9. The van der Waals surface area contributed by atoms with E-state index < -0.39 is 0 Å². The molecule has 1 aliphatic rings. The van der Waals surface area contributed by atoms with Crippen molar-refractivity contribution in [1.82, 2.24) is 0 Å². The first-order valence-electron chi connectivity index (χ1n) is 8.04. The Morgan fingerprint density at radius 3 is 2.80 bits per heavy atom. The van der Waals surface area contributed by atoms with Crippen LogP contribution in [0.15, 0.2) is 12.2 Å². The van der Waals surface area contributed by atoms with Gasteiger partial charge in [0, 0.05) is 12.3 Å². The van der Waals surface area contributed by atoms with Gasteiger partial charge in [-0.2, -0.15) is 0 Å². The van der Waals surface area contributed by atoms with Crippen LogP contribution >= 0.6 is 0 Å².